The van der Waals surface area contributed by atoms with Crippen molar-refractivity contribution in [3.63, 3.8) is 0 Å². The molecule has 1 aliphatic rings. The molecule has 0 radical (unpaired) electrons. The van der Waals surface area contributed by atoms with Crippen LogP contribution in [-0.4, -0.2) is 45.9 Å². The van der Waals surface area contributed by atoms with Crippen molar-refractivity contribution in [2.24, 2.45) is 0 Å². The molecule has 0 spiro atoms. The van der Waals surface area contributed by atoms with Gasteiger partial charge in [-0.15, -0.1) is 34.4 Å². The van der Waals surface area contributed by atoms with E-state index in [4.69, 9.17) is 0 Å². The number of aromatic nitrogens is 1. The predicted octanol–water partition coefficient (Wildman–Crippen LogP) is 5.28. The third-order valence-electron chi connectivity index (χ3n) is 5.47. The first-order chi connectivity index (χ1) is 15.6. The lowest BCUT2D eigenvalue weighted by atomic mass is 10.1. The summed E-state index contributed by atoms with van der Waals surface area (Å²) in [5.74, 6) is 0.757. The summed E-state index contributed by atoms with van der Waals surface area (Å²) < 4.78 is 0.887. The quantitative estimate of drug-likeness (QED) is 0.423. The van der Waals surface area contributed by atoms with Crippen molar-refractivity contribution in [3.8, 4) is 10.4 Å². The molecule has 1 N–H and O–H groups in total. The number of thiophene rings is 1. The van der Waals surface area contributed by atoms with Crippen LogP contribution in [0.4, 0.5) is 0 Å². The topological polar surface area (TPSA) is 62.3 Å². The largest absolute Gasteiger partial charge is 0.349 e. The molecule has 0 saturated carbocycles. The molecule has 1 fully saturated rings. The fraction of sp³-hybridized carbons (Fsp3) is 0.208. The Bertz CT molecular complexity index is 1300. The van der Waals surface area contributed by atoms with E-state index in [9.17, 15) is 9.59 Å². The average molecular weight is 480 g/mol. The first kappa shape index (κ1) is 21.2. The second-order valence-electron chi connectivity index (χ2n) is 7.57. The van der Waals surface area contributed by atoms with Gasteiger partial charge in [0.05, 0.1) is 32.2 Å². The fourth-order valence-electron chi connectivity index (χ4n) is 3.90. The number of thioether (sulfide) groups is 1. The van der Waals surface area contributed by atoms with Crippen LogP contribution in [0.3, 0.4) is 0 Å². The molecule has 2 aromatic heterocycles. The molecule has 5 rings (SSSR count). The van der Waals surface area contributed by atoms with Gasteiger partial charge in [-0.3, -0.25) is 9.59 Å². The van der Waals surface area contributed by atoms with E-state index in [2.05, 4.69) is 29.4 Å². The number of aryl methyl sites for hydroxylation is 1. The Balaban J connectivity index is 1.31. The third kappa shape index (κ3) is 4.05. The van der Waals surface area contributed by atoms with Crippen LogP contribution in [0.25, 0.3) is 20.7 Å². The SMILES string of the molecule is Cc1cccc(-c2sccc2C(=O)N2CCSC2CNC(=O)c2cccc3ncsc23)c1. The minimum atomic E-state index is -0.129. The van der Waals surface area contributed by atoms with Crippen molar-refractivity contribution in [1.82, 2.24) is 15.2 Å². The number of benzene rings is 2. The molecule has 2 aromatic carbocycles. The molecule has 162 valence electrons. The van der Waals surface area contributed by atoms with Gasteiger partial charge in [0, 0.05) is 23.7 Å². The first-order valence-electron chi connectivity index (χ1n) is 10.3. The van der Waals surface area contributed by atoms with Crippen LogP contribution < -0.4 is 5.32 Å². The summed E-state index contributed by atoms with van der Waals surface area (Å²) in [6.07, 6.45) is 0. The van der Waals surface area contributed by atoms with Gasteiger partial charge in [0.15, 0.2) is 0 Å². The van der Waals surface area contributed by atoms with E-state index in [-0.39, 0.29) is 17.2 Å². The molecular formula is C24H21N3O2S3. The van der Waals surface area contributed by atoms with Gasteiger partial charge in [-0.05, 0) is 36.1 Å². The normalized spacial score (nSPS) is 15.9. The minimum absolute atomic E-state index is 0.0246. The monoisotopic (exact) mass is 479 g/mol. The Morgan fingerprint density at radius 3 is 2.88 bits per heavy atom. The van der Waals surface area contributed by atoms with E-state index >= 15 is 0 Å². The summed E-state index contributed by atoms with van der Waals surface area (Å²) in [5, 5.41) is 4.92. The number of fused-ring (bicyclic) bond motifs is 1. The Hall–Kier alpha value is -2.68. The zero-order chi connectivity index (χ0) is 22.1. The van der Waals surface area contributed by atoms with Crippen LogP contribution in [0.1, 0.15) is 26.3 Å². The summed E-state index contributed by atoms with van der Waals surface area (Å²) >= 11 is 4.76. The third-order valence-corrected chi connectivity index (χ3v) is 8.53. The van der Waals surface area contributed by atoms with Crippen molar-refractivity contribution in [2.75, 3.05) is 18.8 Å². The highest BCUT2D eigenvalue weighted by Crippen LogP contribution is 2.33. The van der Waals surface area contributed by atoms with Crippen LogP contribution >= 0.6 is 34.4 Å². The Morgan fingerprint density at radius 2 is 2.00 bits per heavy atom. The van der Waals surface area contributed by atoms with Gasteiger partial charge in [-0.1, -0.05) is 35.9 Å². The summed E-state index contributed by atoms with van der Waals surface area (Å²) in [7, 11) is 0. The number of rotatable bonds is 5. The zero-order valence-electron chi connectivity index (χ0n) is 17.4. The zero-order valence-corrected chi connectivity index (χ0v) is 19.9. The highest BCUT2D eigenvalue weighted by molar-refractivity contribution is 8.00. The maximum Gasteiger partial charge on any atom is 0.256 e. The summed E-state index contributed by atoms with van der Waals surface area (Å²) in [5.41, 5.74) is 6.18. The highest BCUT2D eigenvalue weighted by atomic mass is 32.2. The molecule has 4 aromatic rings. The lowest BCUT2D eigenvalue weighted by Crippen LogP contribution is -2.42. The molecule has 32 heavy (non-hydrogen) atoms. The molecule has 1 saturated heterocycles. The van der Waals surface area contributed by atoms with Crippen LogP contribution in [0.5, 0.6) is 0 Å². The van der Waals surface area contributed by atoms with Crippen molar-refractivity contribution < 1.29 is 9.59 Å². The summed E-state index contributed by atoms with van der Waals surface area (Å²) in [6.45, 7) is 3.15. The molecule has 1 unspecified atom stereocenters. The standard InChI is InChI=1S/C24H21N3O2S3/c1-15-4-2-5-16(12-15)21-18(8-10-31-21)24(29)27-9-11-30-20(27)13-25-23(28)17-6-3-7-19-22(17)32-14-26-19/h2-8,10,12,14,20H,9,11,13H2,1H3,(H,25,28). The van der Waals surface area contributed by atoms with Crippen LogP contribution in [-0.2, 0) is 0 Å². The highest BCUT2D eigenvalue weighted by Gasteiger charge is 2.32. The van der Waals surface area contributed by atoms with Gasteiger partial charge < -0.3 is 10.2 Å². The molecule has 5 nitrogen and oxygen atoms in total. The van der Waals surface area contributed by atoms with E-state index < -0.39 is 0 Å². The van der Waals surface area contributed by atoms with Gasteiger partial charge in [0.25, 0.3) is 11.8 Å². The summed E-state index contributed by atoms with van der Waals surface area (Å²) in [4.78, 5) is 33.5. The molecular weight excluding hydrogens is 458 g/mol. The van der Waals surface area contributed by atoms with E-state index in [1.54, 1.807) is 28.6 Å². The predicted molar refractivity (Wildman–Crippen MR) is 134 cm³/mol. The van der Waals surface area contributed by atoms with Crippen molar-refractivity contribution in [2.45, 2.75) is 12.3 Å². The van der Waals surface area contributed by atoms with Crippen molar-refractivity contribution >= 4 is 56.5 Å². The van der Waals surface area contributed by atoms with Gasteiger partial charge >= 0.3 is 0 Å². The lowest BCUT2D eigenvalue weighted by Gasteiger charge is -2.24. The van der Waals surface area contributed by atoms with Crippen LogP contribution in [0, 0.1) is 6.92 Å². The number of amides is 2. The van der Waals surface area contributed by atoms with Crippen molar-refractivity contribution in [3.05, 3.63) is 76.1 Å². The number of hydrogen-bond acceptors (Lipinski definition) is 6. The molecule has 1 atom stereocenters. The Labute approximate surface area is 198 Å². The van der Waals surface area contributed by atoms with E-state index in [1.165, 1.54) is 16.9 Å². The number of hydrogen-bond donors (Lipinski definition) is 1. The van der Waals surface area contributed by atoms with Crippen molar-refractivity contribution in [1.29, 1.82) is 0 Å². The van der Waals surface area contributed by atoms with E-state index in [0.29, 0.717) is 18.7 Å². The number of nitrogens with zero attached hydrogens (tertiary/aromatic N) is 2. The average Bonchev–Trinajstić information content (AvgIpc) is 3.57. The second-order valence-corrected chi connectivity index (χ2v) is 10.6. The maximum absolute atomic E-state index is 13.5. The second kappa shape index (κ2) is 9.05. The number of nitrogens with one attached hydrogen (secondary N) is 1. The molecule has 0 bridgehead atoms. The van der Waals surface area contributed by atoms with Crippen LogP contribution in [0.15, 0.2) is 59.4 Å². The Kier molecular flexibility index (Phi) is 5.99. The Morgan fingerprint density at radius 1 is 1.12 bits per heavy atom. The van der Waals surface area contributed by atoms with Gasteiger partial charge in [0.1, 0.15) is 0 Å². The van der Waals surface area contributed by atoms with Gasteiger partial charge in [0.2, 0.25) is 0 Å². The minimum Gasteiger partial charge on any atom is -0.349 e. The maximum atomic E-state index is 13.5. The summed E-state index contributed by atoms with van der Waals surface area (Å²) in [6, 6.07) is 15.7. The molecule has 0 aliphatic carbocycles. The number of thiazole rings is 1. The number of carbonyl (C=O) groups is 2. The lowest BCUT2D eigenvalue weighted by molar-refractivity contribution is 0.0752. The first-order valence-corrected chi connectivity index (χ1v) is 13.1. The van der Waals surface area contributed by atoms with E-state index in [0.717, 1.165) is 32.0 Å². The fourth-order valence-corrected chi connectivity index (χ4v) is 6.75. The van der Waals surface area contributed by atoms with Gasteiger partial charge in [-0.25, -0.2) is 4.98 Å². The molecule has 1 aliphatic heterocycles. The van der Waals surface area contributed by atoms with E-state index in [1.807, 2.05) is 46.7 Å². The molecule has 2 amide bonds. The van der Waals surface area contributed by atoms with Gasteiger partial charge in [-0.2, -0.15) is 0 Å². The number of carbonyl (C=O) groups excluding carboxylic acids is 2. The smallest absolute Gasteiger partial charge is 0.256 e. The van der Waals surface area contributed by atoms with Crippen LogP contribution in [0.2, 0.25) is 0 Å². The molecule has 8 heteroatoms. The molecule has 3 heterocycles.